The molecule has 0 atom stereocenters. The SMILES string of the molecule is CCOC(=O)C[N+]1(C)CCCCC1.[I-]. The molecule has 1 heterocycles. The number of hydrogen-bond acceptors (Lipinski definition) is 2. The second kappa shape index (κ2) is 6.61. The van der Waals surface area contributed by atoms with Gasteiger partial charge in [-0.25, -0.2) is 4.79 Å². The van der Waals surface area contributed by atoms with E-state index >= 15 is 0 Å². The van der Waals surface area contributed by atoms with E-state index in [0.717, 1.165) is 17.6 Å². The van der Waals surface area contributed by atoms with Crippen LogP contribution in [0.3, 0.4) is 0 Å². The minimum Gasteiger partial charge on any atom is -1.00 e. The van der Waals surface area contributed by atoms with Crippen LogP contribution < -0.4 is 24.0 Å². The number of nitrogens with zero attached hydrogens (tertiary/aromatic N) is 1. The molecule has 3 nitrogen and oxygen atoms in total. The van der Waals surface area contributed by atoms with Gasteiger partial charge in [0.2, 0.25) is 0 Å². The number of likely N-dealkylation sites (N-methyl/N-ethyl adjacent to an activating group) is 1. The summed E-state index contributed by atoms with van der Waals surface area (Å²) in [5, 5.41) is 0. The molecule has 1 aliphatic heterocycles. The Kier molecular flexibility index (Phi) is 6.68. The maximum Gasteiger partial charge on any atom is 0.361 e. The number of halogens is 1. The average molecular weight is 313 g/mol. The molecule has 0 aromatic rings. The van der Waals surface area contributed by atoms with Crippen molar-refractivity contribution < 1.29 is 38.0 Å². The molecule has 0 amide bonds. The number of rotatable bonds is 3. The zero-order valence-electron chi connectivity index (χ0n) is 9.09. The Morgan fingerprint density at radius 2 is 1.86 bits per heavy atom. The molecule has 84 valence electrons. The molecule has 0 spiro atoms. The summed E-state index contributed by atoms with van der Waals surface area (Å²) in [6.45, 7) is 5.15. The normalized spacial score (nSPS) is 19.6. The molecular formula is C10H20INO2. The molecule has 0 bridgehead atoms. The number of hydrogen-bond donors (Lipinski definition) is 0. The summed E-state index contributed by atoms with van der Waals surface area (Å²) in [6.07, 6.45) is 3.81. The van der Waals surface area contributed by atoms with Gasteiger partial charge in [-0.1, -0.05) is 0 Å². The van der Waals surface area contributed by atoms with Gasteiger partial charge in [0.1, 0.15) is 0 Å². The lowest BCUT2D eigenvalue weighted by Gasteiger charge is -2.36. The maximum absolute atomic E-state index is 11.3. The number of ether oxygens (including phenoxy) is 1. The summed E-state index contributed by atoms with van der Waals surface area (Å²) in [5.74, 6) is -0.0492. The predicted molar refractivity (Wildman–Crippen MR) is 51.3 cm³/mol. The minimum absolute atomic E-state index is 0. The van der Waals surface area contributed by atoms with E-state index in [1.165, 1.54) is 19.3 Å². The van der Waals surface area contributed by atoms with Gasteiger partial charge in [-0.2, -0.15) is 0 Å². The van der Waals surface area contributed by atoms with Crippen molar-refractivity contribution in [2.75, 3.05) is 33.3 Å². The molecular weight excluding hydrogens is 293 g/mol. The van der Waals surface area contributed by atoms with E-state index < -0.39 is 0 Å². The van der Waals surface area contributed by atoms with Crippen molar-refractivity contribution in [1.29, 1.82) is 0 Å². The highest BCUT2D eigenvalue weighted by Gasteiger charge is 2.27. The van der Waals surface area contributed by atoms with Gasteiger partial charge in [-0.05, 0) is 26.2 Å². The van der Waals surface area contributed by atoms with Crippen LogP contribution in [0.2, 0.25) is 0 Å². The molecule has 4 heteroatoms. The van der Waals surface area contributed by atoms with E-state index in [1.54, 1.807) is 0 Å². The molecule has 0 N–H and O–H groups in total. The summed E-state index contributed by atoms with van der Waals surface area (Å²) >= 11 is 0. The fraction of sp³-hybridized carbons (Fsp3) is 0.900. The molecule has 0 aromatic carbocycles. The first-order valence-electron chi connectivity index (χ1n) is 5.15. The second-order valence-corrected chi connectivity index (χ2v) is 4.09. The Labute approximate surface area is 103 Å². The van der Waals surface area contributed by atoms with Crippen LogP contribution in [-0.2, 0) is 9.53 Å². The van der Waals surface area contributed by atoms with E-state index in [4.69, 9.17) is 4.74 Å². The van der Waals surface area contributed by atoms with Crippen molar-refractivity contribution in [2.24, 2.45) is 0 Å². The molecule has 0 unspecified atom stereocenters. The monoisotopic (exact) mass is 313 g/mol. The minimum atomic E-state index is -0.0492. The Hall–Kier alpha value is 0.160. The quantitative estimate of drug-likeness (QED) is 0.349. The molecule has 1 saturated heterocycles. The van der Waals surface area contributed by atoms with E-state index in [0.29, 0.717) is 13.2 Å². The molecule has 14 heavy (non-hydrogen) atoms. The van der Waals surface area contributed by atoms with Crippen molar-refractivity contribution in [3.8, 4) is 0 Å². The van der Waals surface area contributed by atoms with Gasteiger partial charge in [0.25, 0.3) is 0 Å². The third-order valence-electron chi connectivity index (χ3n) is 2.71. The molecule has 1 fully saturated rings. The van der Waals surface area contributed by atoms with Crippen LogP contribution in [0.4, 0.5) is 0 Å². The van der Waals surface area contributed by atoms with E-state index in [9.17, 15) is 4.79 Å². The fourth-order valence-corrected chi connectivity index (χ4v) is 1.95. The Balaban J connectivity index is 0.00000169. The summed E-state index contributed by atoms with van der Waals surface area (Å²) in [6, 6.07) is 0. The number of likely N-dealkylation sites (tertiary alicyclic amines) is 1. The maximum atomic E-state index is 11.3. The average Bonchev–Trinajstić information content (AvgIpc) is 2.04. The number of quaternary nitrogens is 1. The van der Waals surface area contributed by atoms with Gasteiger partial charge >= 0.3 is 5.97 Å². The van der Waals surface area contributed by atoms with Crippen LogP contribution in [0, 0.1) is 0 Å². The lowest BCUT2D eigenvalue weighted by molar-refractivity contribution is -0.907. The van der Waals surface area contributed by atoms with Gasteiger partial charge in [-0.15, -0.1) is 0 Å². The molecule has 0 aromatic heterocycles. The van der Waals surface area contributed by atoms with E-state index in [-0.39, 0.29) is 29.9 Å². The smallest absolute Gasteiger partial charge is 0.361 e. The molecule has 0 aliphatic carbocycles. The second-order valence-electron chi connectivity index (χ2n) is 4.09. The first-order valence-corrected chi connectivity index (χ1v) is 5.15. The van der Waals surface area contributed by atoms with Crippen LogP contribution in [0.1, 0.15) is 26.2 Å². The van der Waals surface area contributed by atoms with Crippen molar-refractivity contribution in [2.45, 2.75) is 26.2 Å². The molecule has 1 aliphatic rings. The predicted octanol–water partition coefficient (Wildman–Crippen LogP) is -1.82. The number of piperidine rings is 1. The molecule has 0 saturated carbocycles. The van der Waals surface area contributed by atoms with Gasteiger partial charge in [0.05, 0.1) is 26.7 Å². The topological polar surface area (TPSA) is 26.3 Å². The number of esters is 1. The summed E-state index contributed by atoms with van der Waals surface area (Å²) < 4.78 is 5.83. The summed E-state index contributed by atoms with van der Waals surface area (Å²) in [4.78, 5) is 11.3. The highest BCUT2D eigenvalue weighted by Crippen LogP contribution is 2.15. The van der Waals surface area contributed by atoms with Crippen LogP contribution in [0.25, 0.3) is 0 Å². The standard InChI is InChI=1S/C10H20NO2.HI/c1-3-13-10(12)9-11(2)7-5-4-6-8-11;/h3-9H2,1-2H3;1H/q+1;/p-1. The van der Waals surface area contributed by atoms with Crippen LogP contribution in [-0.4, -0.2) is 43.7 Å². The van der Waals surface area contributed by atoms with Crippen LogP contribution in [0.15, 0.2) is 0 Å². The third-order valence-corrected chi connectivity index (χ3v) is 2.71. The summed E-state index contributed by atoms with van der Waals surface area (Å²) in [7, 11) is 2.15. The lowest BCUT2D eigenvalue weighted by atomic mass is 10.1. The van der Waals surface area contributed by atoms with Gasteiger partial charge in [0.15, 0.2) is 6.54 Å². The van der Waals surface area contributed by atoms with Crippen molar-refractivity contribution in [3.63, 3.8) is 0 Å². The molecule has 0 radical (unpaired) electrons. The first-order chi connectivity index (χ1) is 6.16. The van der Waals surface area contributed by atoms with Gasteiger partial charge < -0.3 is 33.2 Å². The van der Waals surface area contributed by atoms with Gasteiger partial charge in [0, 0.05) is 0 Å². The van der Waals surface area contributed by atoms with Crippen molar-refractivity contribution >= 4 is 5.97 Å². The number of carbonyl (C=O) groups excluding carboxylic acids is 1. The highest BCUT2D eigenvalue weighted by molar-refractivity contribution is 5.70. The summed E-state index contributed by atoms with van der Waals surface area (Å²) in [5.41, 5.74) is 0. The fourth-order valence-electron chi connectivity index (χ4n) is 1.95. The Bertz CT molecular complexity index is 179. The first kappa shape index (κ1) is 14.2. The zero-order chi connectivity index (χ0) is 9.73. The zero-order valence-corrected chi connectivity index (χ0v) is 11.2. The van der Waals surface area contributed by atoms with Crippen LogP contribution in [0.5, 0.6) is 0 Å². The lowest BCUT2D eigenvalue weighted by Crippen LogP contribution is -3.00. The van der Waals surface area contributed by atoms with Crippen LogP contribution >= 0.6 is 0 Å². The Morgan fingerprint density at radius 1 is 1.29 bits per heavy atom. The molecule has 1 rings (SSSR count). The van der Waals surface area contributed by atoms with Gasteiger partial charge in [-0.3, -0.25) is 0 Å². The van der Waals surface area contributed by atoms with Crippen molar-refractivity contribution in [1.82, 2.24) is 0 Å². The number of carbonyl (C=O) groups is 1. The van der Waals surface area contributed by atoms with Crippen molar-refractivity contribution in [3.05, 3.63) is 0 Å². The largest absolute Gasteiger partial charge is 1.00 e. The Morgan fingerprint density at radius 3 is 2.36 bits per heavy atom. The third kappa shape index (κ3) is 4.59. The highest BCUT2D eigenvalue weighted by atomic mass is 127. The van der Waals surface area contributed by atoms with E-state index in [1.807, 2.05) is 6.92 Å². The van der Waals surface area contributed by atoms with E-state index in [2.05, 4.69) is 7.05 Å².